The molecule has 0 amide bonds. The summed E-state index contributed by atoms with van der Waals surface area (Å²) in [6.45, 7) is 8.71. The third-order valence-electron chi connectivity index (χ3n) is 4.43. The van der Waals surface area contributed by atoms with Gasteiger partial charge in [0.1, 0.15) is 5.75 Å². The second-order valence-electron chi connectivity index (χ2n) is 5.85. The van der Waals surface area contributed by atoms with Gasteiger partial charge in [0, 0.05) is 24.2 Å². The van der Waals surface area contributed by atoms with Crippen LogP contribution in [0.25, 0.3) is 0 Å². The lowest BCUT2D eigenvalue weighted by Crippen LogP contribution is -2.48. The highest BCUT2D eigenvalue weighted by atomic mass is 16.5. The maximum Gasteiger partial charge on any atom is 0.123 e. The van der Waals surface area contributed by atoms with Crippen LogP contribution in [0.2, 0.25) is 0 Å². The zero-order chi connectivity index (χ0) is 14.0. The van der Waals surface area contributed by atoms with Gasteiger partial charge in [-0.15, -0.1) is 0 Å². The summed E-state index contributed by atoms with van der Waals surface area (Å²) in [5.41, 5.74) is 8.76. The molecule has 3 heteroatoms. The molecule has 1 heterocycles. The summed E-state index contributed by atoms with van der Waals surface area (Å²) >= 11 is 0. The molecular formula is C16H26N2O. The Morgan fingerprint density at radius 3 is 2.79 bits per heavy atom. The Morgan fingerprint density at radius 2 is 2.16 bits per heavy atom. The first-order valence-electron chi connectivity index (χ1n) is 7.17. The van der Waals surface area contributed by atoms with Crippen molar-refractivity contribution >= 4 is 0 Å². The highest BCUT2D eigenvalue weighted by Gasteiger charge is 2.27. The molecule has 1 aliphatic rings. The summed E-state index contributed by atoms with van der Waals surface area (Å²) in [5, 5.41) is 0. The maximum atomic E-state index is 6.21. The van der Waals surface area contributed by atoms with Crippen molar-refractivity contribution in [2.45, 2.75) is 39.3 Å². The number of piperidine rings is 1. The van der Waals surface area contributed by atoms with E-state index in [0.29, 0.717) is 12.0 Å². The lowest BCUT2D eigenvalue weighted by Gasteiger charge is -2.39. The van der Waals surface area contributed by atoms with E-state index in [9.17, 15) is 0 Å². The molecule has 2 rings (SSSR count). The van der Waals surface area contributed by atoms with Gasteiger partial charge < -0.3 is 10.5 Å². The maximum absolute atomic E-state index is 6.21. The quantitative estimate of drug-likeness (QED) is 0.910. The fourth-order valence-corrected chi connectivity index (χ4v) is 2.85. The Hall–Kier alpha value is -1.06. The predicted molar refractivity (Wildman–Crippen MR) is 79.5 cm³/mol. The Morgan fingerprint density at radius 1 is 1.42 bits per heavy atom. The van der Waals surface area contributed by atoms with Gasteiger partial charge in [-0.1, -0.05) is 24.6 Å². The van der Waals surface area contributed by atoms with E-state index in [-0.39, 0.29) is 6.04 Å². The van der Waals surface area contributed by atoms with Crippen molar-refractivity contribution in [2.24, 2.45) is 11.7 Å². The van der Waals surface area contributed by atoms with Crippen LogP contribution < -0.4 is 10.5 Å². The summed E-state index contributed by atoms with van der Waals surface area (Å²) in [7, 11) is 1.74. The Kier molecular flexibility index (Phi) is 4.48. The average molecular weight is 262 g/mol. The lowest BCUT2D eigenvalue weighted by atomic mass is 9.92. The second kappa shape index (κ2) is 5.93. The average Bonchev–Trinajstić information content (AvgIpc) is 2.41. The highest BCUT2D eigenvalue weighted by Crippen LogP contribution is 2.32. The molecule has 19 heavy (non-hydrogen) atoms. The number of hydrogen-bond acceptors (Lipinski definition) is 3. The van der Waals surface area contributed by atoms with Crippen molar-refractivity contribution in [3.8, 4) is 5.75 Å². The van der Waals surface area contributed by atoms with E-state index in [1.54, 1.807) is 7.11 Å². The third kappa shape index (κ3) is 3.10. The summed E-state index contributed by atoms with van der Waals surface area (Å²) in [6.07, 6.45) is 1.18. The highest BCUT2D eigenvalue weighted by molar-refractivity contribution is 5.39. The van der Waals surface area contributed by atoms with Crippen LogP contribution in [0.15, 0.2) is 18.2 Å². The van der Waals surface area contributed by atoms with E-state index >= 15 is 0 Å². The largest absolute Gasteiger partial charge is 0.496 e. The van der Waals surface area contributed by atoms with Gasteiger partial charge in [0.25, 0.3) is 0 Å². The van der Waals surface area contributed by atoms with Crippen LogP contribution in [0.1, 0.15) is 37.4 Å². The number of nitrogens with zero attached hydrogens (tertiary/aromatic N) is 1. The molecule has 106 valence electrons. The van der Waals surface area contributed by atoms with Gasteiger partial charge in [0.2, 0.25) is 0 Å². The molecule has 3 nitrogen and oxygen atoms in total. The molecular weight excluding hydrogens is 236 g/mol. The molecule has 1 aromatic carbocycles. The first kappa shape index (κ1) is 14.4. The van der Waals surface area contributed by atoms with Crippen molar-refractivity contribution in [1.82, 2.24) is 4.90 Å². The van der Waals surface area contributed by atoms with Crippen LogP contribution in [0.5, 0.6) is 5.75 Å². The van der Waals surface area contributed by atoms with Crippen LogP contribution in [-0.4, -0.2) is 31.1 Å². The van der Waals surface area contributed by atoms with Crippen molar-refractivity contribution in [3.63, 3.8) is 0 Å². The molecule has 0 aliphatic carbocycles. The number of hydrogen-bond donors (Lipinski definition) is 1. The van der Waals surface area contributed by atoms with Gasteiger partial charge in [-0.05, 0) is 38.8 Å². The predicted octanol–water partition coefficient (Wildman–Crippen LogP) is 2.73. The standard InChI is InChI=1S/C16H26N2O/c1-11-5-6-16(19-4)14(9-11)13(3)18-8-7-12(2)15(17)10-18/h5-6,9,12-13,15H,7-8,10,17H2,1-4H3. The minimum Gasteiger partial charge on any atom is -0.496 e. The van der Waals surface area contributed by atoms with Crippen LogP contribution in [0.4, 0.5) is 0 Å². The molecule has 3 atom stereocenters. The SMILES string of the molecule is COc1ccc(C)cc1C(C)N1CCC(C)C(N)C1. The van der Waals surface area contributed by atoms with Crippen LogP contribution >= 0.6 is 0 Å². The number of nitrogens with two attached hydrogens (primary N) is 1. The Bertz CT molecular complexity index is 433. The number of likely N-dealkylation sites (tertiary alicyclic amines) is 1. The molecule has 0 bridgehead atoms. The number of aryl methyl sites for hydroxylation is 1. The zero-order valence-electron chi connectivity index (χ0n) is 12.5. The number of rotatable bonds is 3. The minimum atomic E-state index is 0.284. The molecule has 0 aromatic heterocycles. The molecule has 1 aliphatic heterocycles. The van der Waals surface area contributed by atoms with E-state index in [0.717, 1.165) is 18.8 Å². The molecule has 3 unspecified atom stereocenters. The summed E-state index contributed by atoms with van der Waals surface area (Å²) in [4.78, 5) is 2.47. The Balaban J connectivity index is 2.19. The number of methoxy groups -OCH3 is 1. The molecule has 0 radical (unpaired) electrons. The van der Waals surface area contributed by atoms with E-state index < -0.39 is 0 Å². The zero-order valence-corrected chi connectivity index (χ0v) is 12.5. The van der Waals surface area contributed by atoms with Crippen LogP contribution in [0, 0.1) is 12.8 Å². The van der Waals surface area contributed by atoms with Crippen molar-refractivity contribution in [1.29, 1.82) is 0 Å². The van der Waals surface area contributed by atoms with E-state index in [4.69, 9.17) is 10.5 Å². The number of ether oxygens (including phenoxy) is 1. The van der Waals surface area contributed by atoms with Gasteiger partial charge in [-0.3, -0.25) is 4.90 Å². The van der Waals surface area contributed by atoms with Gasteiger partial charge in [-0.25, -0.2) is 0 Å². The van der Waals surface area contributed by atoms with Gasteiger partial charge in [-0.2, -0.15) is 0 Å². The topological polar surface area (TPSA) is 38.5 Å². The molecule has 1 fully saturated rings. The van der Waals surface area contributed by atoms with Crippen molar-refractivity contribution in [2.75, 3.05) is 20.2 Å². The Labute approximate surface area is 116 Å². The molecule has 2 N–H and O–H groups in total. The molecule has 0 saturated carbocycles. The molecule has 1 aromatic rings. The third-order valence-corrected chi connectivity index (χ3v) is 4.43. The van der Waals surface area contributed by atoms with Crippen LogP contribution in [-0.2, 0) is 0 Å². The molecule has 0 spiro atoms. The summed E-state index contributed by atoms with van der Waals surface area (Å²) < 4.78 is 5.50. The van der Waals surface area contributed by atoms with E-state index in [1.807, 2.05) is 0 Å². The second-order valence-corrected chi connectivity index (χ2v) is 5.85. The monoisotopic (exact) mass is 262 g/mol. The fourth-order valence-electron chi connectivity index (χ4n) is 2.85. The summed E-state index contributed by atoms with van der Waals surface area (Å²) in [5.74, 6) is 1.60. The fraction of sp³-hybridized carbons (Fsp3) is 0.625. The first-order chi connectivity index (χ1) is 9.02. The van der Waals surface area contributed by atoms with Crippen molar-refractivity contribution < 1.29 is 4.74 Å². The van der Waals surface area contributed by atoms with E-state index in [2.05, 4.69) is 43.9 Å². The van der Waals surface area contributed by atoms with Crippen molar-refractivity contribution in [3.05, 3.63) is 29.3 Å². The smallest absolute Gasteiger partial charge is 0.123 e. The first-order valence-corrected chi connectivity index (χ1v) is 7.17. The van der Waals surface area contributed by atoms with E-state index in [1.165, 1.54) is 17.5 Å². The van der Waals surface area contributed by atoms with Gasteiger partial charge in [0.15, 0.2) is 0 Å². The number of benzene rings is 1. The minimum absolute atomic E-state index is 0.284. The summed E-state index contributed by atoms with van der Waals surface area (Å²) in [6, 6.07) is 7.03. The van der Waals surface area contributed by atoms with Crippen LogP contribution in [0.3, 0.4) is 0 Å². The molecule has 1 saturated heterocycles. The normalized spacial score (nSPS) is 26.2. The lowest BCUT2D eigenvalue weighted by molar-refractivity contribution is 0.127. The van der Waals surface area contributed by atoms with Gasteiger partial charge >= 0.3 is 0 Å². The van der Waals surface area contributed by atoms with Gasteiger partial charge in [0.05, 0.1) is 7.11 Å².